The fourth-order valence-electron chi connectivity index (χ4n) is 1.81. The minimum atomic E-state index is -1.00. The van der Waals surface area contributed by atoms with Crippen molar-refractivity contribution in [3.63, 3.8) is 0 Å². The zero-order chi connectivity index (χ0) is 14.5. The first-order valence-corrected chi connectivity index (χ1v) is 7.23. The van der Waals surface area contributed by atoms with Gasteiger partial charge in [-0.3, -0.25) is 9.59 Å². The molecule has 0 amide bonds. The molecule has 5 nitrogen and oxygen atoms in total. The second kappa shape index (κ2) is 12.0. The Balaban J connectivity index is 3.71. The quantitative estimate of drug-likeness (QED) is 0.421. The highest BCUT2D eigenvalue weighted by Gasteiger charge is 2.20. The smallest absolute Gasteiger partial charge is 0.321 e. The predicted octanol–water partition coefficient (Wildman–Crippen LogP) is 2.34. The van der Waals surface area contributed by atoms with Crippen LogP contribution in [0.5, 0.6) is 0 Å². The minimum absolute atomic E-state index is 0.112. The van der Waals surface area contributed by atoms with E-state index >= 15 is 0 Å². The van der Waals surface area contributed by atoms with Crippen LogP contribution in [0.2, 0.25) is 0 Å². The number of carboxylic acids is 1. The molecule has 0 spiro atoms. The van der Waals surface area contributed by atoms with Crippen molar-refractivity contribution in [3.05, 3.63) is 0 Å². The van der Waals surface area contributed by atoms with Crippen LogP contribution in [0, 0.1) is 0 Å². The first-order chi connectivity index (χ1) is 9.11. The Morgan fingerprint density at radius 2 is 1.74 bits per heavy atom. The Kier molecular flexibility index (Phi) is 11.3. The molecular weight excluding hydrogens is 246 g/mol. The lowest BCUT2D eigenvalue weighted by Crippen LogP contribution is -2.39. The standard InChI is InChI=1S/C14H27NO4/c1-3-5-6-7-8-9-10-15-12(14(17)18)11-13(16)19-4-2/h12,15H,3-11H2,1-2H3,(H,17,18)/t12-/m1/s1. The van der Waals surface area contributed by atoms with Crippen LogP contribution in [-0.2, 0) is 14.3 Å². The zero-order valence-corrected chi connectivity index (χ0v) is 12.1. The molecule has 0 radical (unpaired) electrons. The van der Waals surface area contributed by atoms with Crippen molar-refractivity contribution in [2.24, 2.45) is 0 Å². The lowest BCUT2D eigenvalue weighted by Gasteiger charge is -2.13. The molecule has 0 rings (SSSR count). The van der Waals surface area contributed by atoms with Crippen molar-refractivity contribution in [1.29, 1.82) is 0 Å². The van der Waals surface area contributed by atoms with E-state index in [0.29, 0.717) is 6.54 Å². The molecule has 2 N–H and O–H groups in total. The highest BCUT2D eigenvalue weighted by molar-refractivity contribution is 5.81. The van der Waals surface area contributed by atoms with E-state index in [4.69, 9.17) is 9.84 Å². The fourth-order valence-corrected chi connectivity index (χ4v) is 1.81. The third kappa shape index (κ3) is 10.5. The molecule has 0 aromatic carbocycles. The minimum Gasteiger partial charge on any atom is -0.480 e. The van der Waals surface area contributed by atoms with Crippen molar-refractivity contribution in [1.82, 2.24) is 5.32 Å². The van der Waals surface area contributed by atoms with Gasteiger partial charge < -0.3 is 15.2 Å². The van der Waals surface area contributed by atoms with Crippen LogP contribution in [0.4, 0.5) is 0 Å². The van der Waals surface area contributed by atoms with Crippen molar-refractivity contribution >= 4 is 11.9 Å². The molecule has 0 fully saturated rings. The number of ether oxygens (including phenoxy) is 1. The molecule has 112 valence electrons. The maximum absolute atomic E-state index is 11.2. The SMILES string of the molecule is CCCCCCCCN[C@H](CC(=O)OCC)C(=O)O. The van der Waals surface area contributed by atoms with Gasteiger partial charge in [-0.25, -0.2) is 0 Å². The number of aliphatic carboxylic acids is 1. The number of hydrogen-bond acceptors (Lipinski definition) is 4. The summed E-state index contributed by atoms with van der Waals surface area (Å²) < 4.78 is 4.75. The topological polar surface area (TPSA) is 75.6 Å². The monoisotopic (exact) mass is 273 g/mol. The number of unbranched alkanes of at least 4 members (excludes halogenated alkanes) is 5. The molecule has 0 aliphatic heterocycles. The lowest BCUT2D eigenvalue weighted by atomic mass is 10.1. The van der Waals surface area contributed by atoms with Gasteiger partial charge in [0.2, 0.25) is 0 Å². The van der Waals surface area contributed by atoms with Gasteiger partial charge in [0.05, 0.1) is 13.0 Å². The molecular formula is C14H27NO4. The number of esters is 1. The van der Waals surface area contributed by atoms with E-state index in [-0.39, 0.29) is 13.0 Å². The van der Waals surface area contributed by atoms with Crippen molar-refractivity contribution in [2.75, 3.05) is 13.2 Å². The Bertz CT molecular complexity index is 256. The first kappa shape index (κ1) is 17.9. The van der Waals surface area contributed by atoms with E-state index in [1.54, 1.807) is 6.92 Å². The molecule has 0 saturated carbocycles. The van der Waals surface area contributed by atoms with Crippen LogP contribution in [0.25, 0.3) is 0 Å². The van der Waals surface area contributed by atoms with E-state index < -0.39 is 18.0 Å². The van der Waals surface area contributed by atoms with Gasteiger partial charge in [-0.2, -0.15) is 0 Å². The summed E-state index contributed by atoms with van der Waals surface area (Å²) in [6.07, 6.45) is 6.83. The van der Waals surface area contributed by atoms with Crippen LogP contribution < -0.4 is 5.32 Å². The number of nitrogens with one attached hydrogen (secondary N) is 1. The van der Waals surface area contributed by atoms with Gasteiger partial charge in [0, 0.05) is 0 Å². The summed E-state index contributed by atoms with van der Waals surface area (Å²) in [5, 5.41) is 11.9. The van der Waals surface area contributed by atoms with Gasteiger partial charge in [-0.15, -0.1) is 0 Å². The molecule has 0 aliphatic carbocycles. The van der Waals surface area contributed by atoms with Crippen molar-refractivity contribution < 1.29 is 19.4 Å². The third-order valence-electron chi connectivity index (χ3n) is 2.90. The second-order valence-electron chi connectivity index (χ2n) is 4.62. The Labute approximate surface area is 115 Å². The van der Waals surface area contributed by atoms with Crippen molar-refractivity contribution in [2.45, 2.75) is 64.8 Å². The summed E-state index contributed by atoms with van der Waals surface area (Å²) in [5.41, 5.74) is 0. The van der Waals surface area contributed by atoms with Crippen molar-refractivity contribution in [3.8, 4) is 0 Å². The van der Waals surface area contributed by atoms with Gasteiger partial charge in [0.1, 0.15) is 6.04 Å². The zero-order valence-electron chi connectivity index (χ0n) is 12.1. The average Bonchev–Trinajstić information content (AvgIpc) is 2.36. The van der Waals surface area contributed by atoms with Gasteiger partial charge >= 0.3 is 11.9 Å². The third-order valence-corrected chi connectivity index (χ3v) is 2.90. The summed E-state index contributed by atoms with van der Waals surface area (Å²) in [6, 6.07) is -0.838. The molecule has 0 aromatic heterocycles. The molecule has 5 heteroatoms. The predicted molar refractivity (Wildman–Crippen MR) is 74.1 cm³/mol. The average molecular weight is 273 g/mol. The molecule has 0 heterocycles. The molecule has 0 aromatic rings. The molecule has 19 heavy (non-hydrogen) atoms. The van der Waals surface area contributed by atoms with Crippen LogP contribution in [-0.4, -0.2) is 36.2 Å². The Morgan fingerprint density at radius 1 is 1.11 bits per heavy atom. The summed E-state index contributed by atoms with van der Waals surface area (Å²) in [5.74, 6) is -1.47. The van der Waals surface area contributed by atoms with Crippen LogP contribution in [0.3, 0.4) is 0 Å². The molecule has 0 bridgehead atoms. The van der Waals surface area contributed by atoms with Crippen LogP contribution in [0.1, 0.15) is 58.8 Å². The largest absolute Gasteiger partial charge is 0.480 e. The number of carbonyl (C=O) groups is 2. The summed E-state index contributed by atoms with van der Waals surface area (Å²) in [6.45, 7) is 4.79. The Morgan fingerprint density at radius 3 is 2.32 bits per heavy atom. The highest BCUT2D eigenvalue weighted by Crippen LogP contribution is 2.04. The number of rotatable bonds is 12. The normalized spacial score (nSPS) is 12.1. The van der Waals surface area contributed by atoms with E-state index in [1.807, 2.05) is 0 Å². The summed E-state index contributed by atoms with van der Waals surface area (Å²) in [4.78, 5) is 22.2. The fraction of sp³-hybridized carbons (Fsp3) is 0.857. The maximum Gasteiger partial charge on any atom is 0.321 e. The van der Waals surface area contributed by atoms with Gasteiger partial charge in [-0.1, -0.05) is 39.0 Å². The van der Waals surface area contributed by atoms with E-state index in [0.717, 1.165) is 12.8 Å². The van der Waals surface area contributed by atoms with E-state index in [9.17, 15) is 9.59 Å². The van der Waals surface area contributed by atoms with Crippen LogP contribution >= 0.6 is 0 Å². The first-order valence-electron chi connectivity index (χ1n) is 7.23. The summed E-state index contributed by atoms with van der Waals surface area (Å²) in [7, 11) is 0. The number of carbonyl (C=O) groups excluding carboxylic acids is 1. The molecule has 1 atom stereocenters. The molecule has 0 unspecified atom stereocenters. The molecule has 0 saturated heterocycles. The van der Waals surface area contributed by atoms with Gasteiger partial charge in [-0.05, 0) is 19.9 Å². The lowest BCUT2D eigenvalue weighted by molar-refractivity contribution is -0.149. The van der Waals surface area contributed by atoms with Gasteiger partial charge in [0.15, 0.2) is 0 Å². The maximum atomic E-state index is 11.2. The highest BCUT2D eigenvalue weighted by atomic mass is 16.5. The number of hydrogen-bond donors (Lipinski definition) is 2. The second-order valence-corrected chi connectivity index (χ2v) is 4.62. The number of carboxylic acid groups (broad SMARTS) is 1. The summed E-state index contributed by atoms with van der Waals surface area (Å²) >= 11 is 0. The van der Waals surface area contributed by atoms with E-state index in [1.165, 1.54) is 25.7 Å². The van der Waals surface area contributed by atoms with Gasteiger partial charge in [0.25, 0.3) is 0 Å². The molecule has 0 aliphatic rings. The Hall–Kier alpha value is -1.10. The van der Waals surface area contributed by atoms with E-state index in [2.05, 4.69) is 12.2 Å². The van der Waals surface area contributed by atoms with Crippen LogP contribution in [0.15, 0.2) is 0 Å².